The second kappa shape index (κ2) is 4.98. The van der Waals surface area contributed by atoms with E-state index in [2.05, 4.69) is 30.6 Å². The SMILES string of the molecule is CC(C)N1CCO[C@H]([C@@H](C)N2CC(F)C2)C1. The Hall–Kier alpha value is -0.190. The maximum absolute atomic E-state index is 12.8. The first-order valence-corrected chi connectivity index (χ1v) is 6.31. The summed E-state index contributed by atoms with van der Waals surface area (Å²) in [6.45, 7) is 10.6. The van der Waals surface area contributed by atoms with E-state index in [-0.39, 0.29) is 6.10 Å². The van der Waals surface area contributed by atoms with Crippen molar-refractivity contribution < 1.29 is 9.13 Å². The Morgan fingerprint density at radius 1 is 1.12 bits per heavy atom. The molecule has 2 atom stereocenters. The lowest BCUT2D eigenvalue weighted by molar-refractivity contribution is -0.0964. The van der Waals surface area contributed by atoms with E-state index in [9.17, 15) is 4.39 Å². The standard InChI is InChI=1S/C12H23FN2O/c1-9(2)14-4-5-16-12(8-14)10(3)15-6-11(13)7-15/h9-12H,4-8H2,1-3H3/t10-,12+/m1/s1. The predicted molar refractivity (Wildman–Crippen MR) is 62.4 cm³/mol. The van der Waals surface area contributed by atoms with Crippen LogP contribution < -0.4 is 0 Å². The molecule has 0 bridgehead atoms. The van der Waals surface area contributed by atoms with Gasteiger partial charge in [-0.1, -0.05) is 0 Å². The molecule has 94 valence electrons. The lowest BCUT2D eigenvalue weighted by Crippen LogP contribution is -2.60. The van der Waals surface area contributed by atoms with E-state index in [1.807, 2.05) is 0 Å². The highest BCUT2D eigenvalue weighted by atomic mass is 19.1. The Kier molecular flexibility index (Phi) is 3.82. The second-order valence-electron chi connectivity index (χ2n) is 5.29. The molecular weight excluding hydrogens is 207 g/mol. The summed E-state index contributed by atoms with van der Waals surface area (Å²) in [5.41, 5.74) is 0. The molecule has 2 fully saturated rings. The fourth-order valence-corrected chi connectivity index (χ4v) is 2.48. The number of likely N-dealkylation sites (tertiary alicyclic amines) is 1. The fourth-order valence-electron chi connectivity index (χ4n) is 2.48. The van der Waals surface area contributed by atoms with Crippen LogP contribution in [0, 0.1) is 0 Å². The summed E-state index contributed by atoms with van der Waals surface area (Å²) in [6.07, 6.45) is -0.379. The molecule has 4 heteroatoms. The minimum Gasteiger partial charge on any atom is -0.374 e. The highest BCUT2D eigenvalue weighted by Crippen LogP contribution is 2.21. The van der Waals surface area contributed by atoms with Crippen molar-refractivity contribution in [1.82, 2.24) is 9.80 Å². The third kappa shape index (κ3) is 2.55. The van der Waals surface area contributed by atoms with Gasteiger partial charge < -0.3 is 4.74 Å². The van der Waals surface area contributed by atoms with Crippen LogP contribution in [-0.4, -0.2) is 66.9 Å². The van der Waals surface area contributed by atoms with Gasteiger partial charge in [0.25, 0.3) is 0 Å². The summed E-state index contributed by atoms with van der Waals surface area (Å²) in [6, 6.07) is 0.914. The summed E-state index contributed by atoms with van der Waals surface area (Å²) < 4.78 is 18.6. The van der Waals surface area contributed by atoms with Gasteiger partial charge in [-0.2, -0.15) is 0 Å². The number of morpholine rings is 1. The number of alkyl halides is 1. The minimum absolute atomic E-state index is 0.239. The van der Waals surface area contributed by atoms with E-state index in [1.165, 1.54) is 0 Å². The number of hydrogen-bond donors (Lipinski definition) is 0. The van der Waals surface area contributed by atoms with Crippen molar-refractivity contribution in [2.24, 2.45) is 0 Å². The van der Waals surface area contributed by atoms with Crippen molar-refractivity contribution in [3.05, 3.63) is 0 Å². The molecule has 0 radical (unpaired) electrons. The molecule has 0 spiro atoms. The van der Waals surface area contributed by atoms with Gasteiger partial charge in [0, 0.05) is 38.3 Å². The van der Waals surface area contributed by atoms with Crippen LogP contribution in [0.2, 0.25) is 0 Å². The van der Waals surface area contributed by atoms with E-state index in [1.54, 1.807) is 0 Å². The summed E-state index contributed by atoms with van der Waals surface area (Å²) in [7, 11) is 0. The van der Waals surface area contributed by atoms with Gasteiger partial charge >= 0.3 is 0 Å². The van der Waals surface area contributed by atoms with Gasteiger partial charge in [-0.25, -0.2) is 4.39 Å². The Labute approximate surface area is 97.5 Å². The maximum atomic E-state index is 12.8. The lowest BCUT2D eigenvalue weighted by atomic mass is 10.0. The van der Waals surface area contributed by atoms with Gasteiger partial charge in [0.2, 0.25) is 0 Å². The van der Waals surface area contributed by atoms with Crippen LogP contribution in [-0.2, 0) is 4.74 Å². The first kappa shape index (κ1) is 12.3. The van der Waals surface area contributed by atoms with E-state index >= 15 is 0 Å². The molecule has 2 aliphatic rings. The summed E-state index contributed by atoms with van der Waals surface area (Å²) in [5, 5.41) is 0. The molecule has 16 heavy (non-hydrogen) atoms. The molecule has 0 aromatic carbocycles. The largest absolute Gasteiger partial charge is 0.374 e. The van der Waals surface area contributed by atoms with Crippen LogP contribution in [0.5, 0.6) is 0 Å². The number of nitrogens with zero attached hydrogens (tertiary/aromatic N) is 2. The van der Waals surface area contributed by atoms with Gasteiger partial charge in [-0.05, 0) is 20.8 Å². The summed E-state index contributed by atoms with van der Waals surface area (Å²) in [4.78, 5) is 4.62. The average molecular weight is 230 g/mol. The van der Waals surface area contributed by atoms with Gasteiger partial charge in [-0.15, -0.1) is 0 Å². The van der Waals surface area contributed by atoms with Crippen LogP contribution >= 0.6 is 0 Å². The van der Waals surface area contributed by atoms with Gasteiger partial charge in [0.15, 0.2) is 0 Å². The molecule has 0 aromatic rings. The normalized spacial score (nSPS) is 31.7. The van der Waals surface area contributed by atoms with Crippen LogP contribution in [0.3, 0.4) is 0 Å². The van der Waals surface area contributed by atoms with E-state index in [0.29, 0.717) is 25.2 Å². The third-order valence-corrected chi connectivity index (χ3v) is 3.83. The first-order chi connectivity index (χ1) is 7.58. The van der Waals surface area contributed by atoms with Gasteiger partial charge in [-0.3, -0.25) is 9.80 Å². The van der Waals surface area contributed by atoms with E-state index < -0.39 is 6.17 Å². The molecule has 0 unspecified atom stereocenters. The van der Waals surface area contributed by atoms with E-state index in [4.69, 9.17) is 4.74 Å². The monoisotopic (exact) mass is 230 g/mol. The van der Waals surface area contributed by atoms with Crippen LogP contribution in [0.4, 0.5) is 4.39 Å². The fraction of sp³-hybridized carbons (Fsp3) is 1.00. The predicted octanol–water partition coefficient (Wildman–Crippen LogP) is 1.14. The van der Waals surface area contributed by atoms with Crippen molar-refractivity contribution in [2.45, 2.75) is 45.1 Å². The van der Waals surface area contributed by atoms with Gasteiger partial charge in [0.1, 0.15) is 6.17 Å². The molecule has 2 rings (SSSR count). The van der Waals surface area contributed by atoms with Crippen molar-refractivity contribution in [1.29, 1.82) is 0 Å². The zero-order valence-electron chi connectivity index (χ0n) is 10.5. The Morgan fingerprint density at radius 3 is 2.38 bits per heavy atom. The van der Waals surface area contributed by atoms with Crippen LogP contribution in [0.25, 0.3) is 0 Å². The minimum atomic E-state index is -0.618. The van der Waals surface area contributed by atoms with Crippen molar-refractivity contribution >= 4 is 0 Å². The van der Waals surface area contributed by atoms with Crippen LogP contribution in [0.1, 0.15) is 20.8 Å². The molecule has 0 saturated carbocycles. The molecule has 0 N–H and O–H groups in total. The summed E-state index contributed by atoms with van der Waals surface area (Å²) >= 11 is 0. The number of ether oxygens (including phenoxy) is 1. The zero-order chi connectivity index (χ0) is 11.7. The number of halogens is 1. The molecule has 0 amide bonds. The quantitative estimate of drug-likeness (QED) is 0.723. The molecule has 0 aromatic heterocycles. The van der Waals surface area contributed by atoms with Crippen molar-refractivity contribution in [3.63, 3.8) is 0 Å². The topological polar surface area (TPSA) is 15.7 Å². The molecule has 0 aliphatic carbocycles. The molecular formula is C12H23FN2O. The molecule has 3 nitrogen and oxygen atoms in total. The average Bonchev–Trinajstić information content (AvgIpc) is 2.24. The zero-order valence-corrected chi connectivity index (χ0v) is 10.5. The number of rotatable bonds is 3. The molecule has 2 aliphatic heterocycles. The van der Waals surface area contributed by atoms with Crippen LogP contribution in [0.15, 0.2) is 0 Å². The Balaban J connectivity index is 1.84. The van der Waals surface area contributed by atoms with Gasteiger partial charge in [0.05, 0.1) is 12.7 Å². The smallest absolute Gasteiger partial charge is 0.125 e. The van der Waals surface area contributed by atoms with Crippen molar-refractivity contribution in [2.75, 3.05) is 32.8 Å². The highest BCUT2D eigenvalue weighted by Gasteiger charge is 2.36. The molecule has 2 heterocycles. The van der Waals surface area contributed by atoms with E-state index in [0.717, 1.165) is 19.7 Å². The second-order valence-corrected chi connectivity index (χ2v) is 5.29. The Morgan fingerprint density at radius 2 is 1.81 bits per heavy atom. The summed E-state index contributed by atoms with van der Waals surface area (Å²) in [5.74, 6) is 0. The Bertz CT molecular complexity index is 231. The third-order valence-electron chi connectivity index (χ3n) is 3.83. The van der Waals surface area contributed by atoms with Crippen molar-refractivity contribution in [3.8, 4) is 0 Å². The first-order valence-electron chi connectivity index (χ1n) is 6.31. The maximum Gasteiger partial charge on any atom is 0.125 e. The number of hydrogen-bond acceptors (Lipinski definition) is 3. The molecule has 2 saturated heterocycles. The lowest BCUT2D eigenvalue weighted by Gasteiger charge is -2.45. The highest BCUT2D eigenvalue weighted by molar-refractivity contribution is 4.90.